The third-order valence-electron chi connectivity index (χ3n) is 12.8. The molecule has 0 saturated heterocycles. The van der Waals surface area contributed by atoms with E-state index < -0.39 is 0 Å². The molecular weight excluding hydrogens is 649 g/mol. The second-order valence-electron chi connectivity index (χ2n) is 17.5. The zero-order chi connectivity index (χ0) is 37.8. The predicted octanol–water partition coefficient (Wildman–Crippen LogP) is 18.0. The van der Waals surface area contributed by atoms with E-state index in [4.69, 9.17) is 0 Å². The molecule has 0 aliphatic carbocycles. The Hall–Kier alpha value is -2.86. The lowest BCUT2D eigenvalue weighted by Crippen LogP contribution is -2.09. The van der Waals surface area contributed by atoms with Crippen molar-refractivity contribution in [3.05, 3.63) is 83.9 Å². The van der Waals surface area contributed by atoms with Gasteiger partial charge >= 0.3 is 0 Å². The molecule has 0 N–H and O–H groups in total. The molecule has 0 heterocycles. The molecule has 54 heavy (non-hydrogen) atoms. The number of benzene rings is 5. The first-order valence-corrected chi connectivity index (χ1v) is 23.4. The summed E-state index contributed by atoms with van der Waals surface area (Å²) in [5.41, 5.74) is 6.08. The summed E-state index contributed by atoms with van der Waals surface area (Å²) in [7, 11) is 0. The maximum Gasteiger partial charge on any atom is -0.00206 e. The van der Waals surface area contributed by atoms with E-state index in [1.807, 2.05) is 0 Å². The molecule has 5 aromatic rings. The minimum atomic E-state index is 0.797. The summed E-state index contributed by atoms with van der Waals surface area (Å²) >= 11 is 0. The molecule has 0 fully saturated rings. The van der Waals surface area contributed by atoms with Crippen LogP contribution in [0.15, 0.2) is 72.8 Å². The van der Waals surface area contributed by atoms with Crippen molar-refractivity contribution < 1.29 is 0 Å². The summed E-state index contributed by atoms with van der Waals surface area (Å²) in [5, 5.41) is 8.39. The molecule has 0 spiro atoms. The molecule has 0 nitrogen and oxygen atoms in total. The Bertz CT molecular complexity index is 1670. The zero-order valence-electron chi connectivity index (χ0n) is 35.5. The Kier molecular flexibility index (Phi) is 18.7. The SMILES string of the molecule is CCCCCCCCC(CCCCCC)Cc1cc(CC(CCCCCC)CCCCCCCC)cc(-c2ccc3ccc4cccc5ccc2c3c45)c1. The molecule has 2 atom stereocenters. The van der Waals surface area contributed by atoms with Gasteiger partial charge in [-0.15, -0.1) is 0 Å². The number of hydrogen-bond acceptors (Lipinski definition) is 0. The Morgan fingerprint density at radius 3 is 1.24 bits per heavy atom. The number of hydrogen-bond donors (Lipinski definition) is 0. The van der Waals surface area contributed by atoms with Gasteiger partial charge in [-0.05, 0) is 79.2 Å². The standard InChI is InChI=1S/C54H78/c1-5-9-13-17-19-23-28-43(26-21-15-11-7-3)38-45-40-46(39-44(27-22-16-12-8-4)29-24-20-18-14-10-6-2)42-50(41-45)51-36-34-49-33-32-47-30-25-31-48-35-37-52(51)54(49)53(47)48/h25,30-37,40-44H,5-24,26-29,38-39H2,1-4H3. The van der Waals surface area contributed by atoms with Gasteiger partial charge in [0.2, 0.25) is 0 Å². The van der Waals surface area contributed by atoms with Gasteiger partial charge in [-0.25, -0.2) is 0 Å². The fraction of sp³-hybridized carbons (Fsp3) is 0.593. The van der Waals surface area contributed by atoms with E-state index in [1.54, 1.807) is 11.1 Å². The average molecular weight is 727 g/mol. The van der Waals surface area contributed by atoms with Crippen molar-refractivity contribution in [1.29, 1.82) is 0 Å². The summed E-state index contributed by atoms with van der Waals surface area (Å²) in [5.74, 6) is 1.59. The normalized spacial score (nSPS) is 13.1. The van der Waals surface area contributed by atoms with Crippen molar-refractivity contribution in [2.24, 2.45) is 11.8 Å². The Morgan fingerprint density at radius 1 is 0.370 bits per heavy atom. The van der Waals surface area contributed by atoms with Crippen LogP contribution in [0.3, 0.4) is 0 Å². The van der Waals surface area contributed by atoms with Crippen LogP contribution in [0.5, 0.6) is 0 Å². The van der Waals surface area contributed by atoms with Gasteiger partial charge in [-0.2, -0.15) is 0 Å². The number of unbranched alkanes of at least 4 members (excludes halogenated alkanes) is 16. The molecule has 294 valence electrons. The summed E-state index contributed by atoms with van der Waals surface area (Å²) in [4.78, 5) is 0. The molecule has 0 radical (unpaired) electrons. The van der Waals surface area contributed by atoms with Crippen molar-refractivity contribution in [3.63, 3.8) is 0 Å². The van der Waals surface area contributed by atoms with Crippen molar-refractivity contribution in [3.8, 4) is 11.1 Å². The summed E-state index contributed by atoms with van der Waals surface area (Å²) in [6, 6.07) is 29.0. The molecule has 0 heteroatoms. The topological polar surface area (TPSA) is 0 Å². The summed E-state index contributed by atoms with van der Waals surface area (Å²) in [6.07, 6.45) is 35.9. The van der Waals surface area contributed by atoms with Crippen LogP contribution >= 0.6 is 0 Å². The summed E-state index contributed by atoms with van der Waals surface area (Å²) < 4.78 is 0. The molecule has 0 aromatic heterocycles. The van der Waals surface area contributed by atoms with Crippen LogP contribution in [0, 0.1) is 11.8 Å². The highest BCUT2D eigenvalue weighted by atomic mass is 14.2. The largest absolute Gasteiger partial charge is 0.0654 e. The van der Waals surface area contributed by atoms with Gasteiger partial charge in [-0.3, -0.25) is 0 Å². The molecule has 0 aliphatic heterocycles. The Labute approximate surface area is 332 Å². The van der Waals surface area contributed by atoms with Crippen LogP contribution in [0.1, 0.15) is 193 Å². The number of rotatable bonds is 29. The third-order valence-corrected chi connectivity index (χ3v) is 12.8. The fourth-order valence-electron chi connectivity index (χ4n) is 9.65. The first kappa shape index (κ1) is 42.3. The van der Waals surface area contributed by atoms with E-state index in [0.717, 1.165) is 11.8 Å². The second-order valence-corrected chi connectivity index (χ2v) is 17.5. The van der Waals surface area contributed by atoms with Gasteiger partial charge in [-0.1, -0.05) is 255 Å². The van der Waals surface area contributed by atoms with E-state index in [0.29, 0.717) is 0 Å². The lowest BCUT2D eigenvalue weighted by atomic mass is 9.83. The van der Waals surface area contributed by atoms with E-state index in [-0.39, 0.29) is 0 Å². The van der Waals surface area contributed by atoms with Crippen LogP contribution in [-0.4, -0.2) is 0 Å². The van der Waals surface area contributed by atoms with Crippen molar-refractivity contribution in [1.82, 2.24) is 0 Å². The van der Waals surface area contributed by atoms with E-state index in [1.165, 1.54) is 210 Å². The highest BCUT2D eigenvalue weighted by molar-refractivity contribution is 6.25. The maximum absolute atomic E-state index is 2.68. The van der Waals surface area contributed by atoms with Gasteiger partial charge in [0, 0.05) is 0 Å². The Morgan fingerprint density at radius 2 is 0.759 bits per heavy atom. The lowest BCUT2D eigenvalue weighted by Gasteiger charge is -2.22. The molecule has 2 unspecified atom stereocenters. The molecule has 0 amide bonds. The first-order chi connectivity index (χ1) is 26.6. The van der Waals surface area contributed by atoms with Crippen LogP contribution in [0.4, 0.5) is 0 Å². The summed E-state index contributed by atoms with van der Waals surface area (Å²) in [6.45, 7) is 9.37. The predicted molar refractivity (Wildman–Crippen MR) is 243 cm³/mol. The van der Waals surface area contributed by atoms with Crippen LogP contribution < -0.4 is 0 Å². The fourth-order valence-corrected chi connectivity index (χ4v) is 9.65. The van der Waals surface area contributed by atoms with Gasteiger partial charge in [0.15, 0.2) is 0 Å². The van der Waals surface area contributed by atoms with Gasteiger partial charge in [0.05, 0.1) is 0 Å². The van der Waals surface area contributed by atoms with Crippen molar-refractivity contribution in [2.45, 2.75) is 195 Å². The van der Waals surface area contributed by atoms with Crippen LogP contribution in [0.25, 0.3) is 43.4 Å². The van der Waals surface area contributed by atoms with Gasteiger partial charge < -0.3 is 0 Å². The molecule has 5 aromatic carbocycles. The minimum absolute atomic E-state index is 0.797. The lowest BCUT2D eigenvalue weighted by molar-refractivity contribution is 0.399. The molecule has 0 aliphatic rings. The van der Waals surface area contributed by atoms with Crippen LogP contribution in [0.2, 0.25) is 0 Å². The smallest absolute Gasteiger partial charge is 0.00206 e. The maximum atomic E-state index is 2.68. The van der Waals surface area contributed by atoms with Crippen molar-refractivity contribution >= 4 is 32.3 Å². The van der Waals surface area contributed by atoms with Crippen LogP contribution in [-0.2, 0) is 12.8 Å². The van der Waals surface area contributed by atoms with Gasteiger partial charge in [0.1, 0.15) is 0 Å². The minimum Gasteiger partial charge on any atom is -0.0654 e. The van der Waals surface area contributed by atoms with E-state index in [9.17, 15) is 0 Å². The van der Waals surface area contributed by atoms with Crippen molar-refractivity contribution in [2.75, 3.05) is 0 Å². The monoisotopic (exact) mass is 727 g/mol. The van der Waals surface area contributed by atoms with E-state index >= 15 is 0 Å². The molecule has 0 bridgehead atoms. The molecule has 0 saturated carbocycles. The highest BCUT2D eigenvalue weighted by Gasteiger charge is 2.17. The van der Waals surface area contributed by atoms with Gasteiger partial charge in [0.25, 0.3) is 0 Å². The zero-order valence-corrected chi connectivity index (χ0v) is 35.5. The third kappa shape index (κ3) is 12.8. The highest BCUT2D eigenvalue weighted by Crippen LogP contribution is 2.40. The quantitative estimate of drug-likeness (QED) is 0.0340. The Balaban J connectivity index is 1.47. The molecule has 5 rings (SSSR count). The average Bonchev–Trinajstić information content (AvgIpc) is 3.19. The van der Waals surface area contributed by atoms with E-state index in [2.05, 4.69) is 100 Å². The first-order valence-electron chi connectivity index (χ1n) is 23.4. The second kappa shape index (κ2) is 23.9. The molecular formula is C54H78.